The molecule has 0 aromatic carbocycles. The number of anilines is 1. The van der Waals surface area contributed by atoms with E-state index in [-0.39, 0.29) is 12.5 Å². The first-order valence-electron chi connectivity index (χ1n) is 7.06. The quantitative estimate of drug-likeness (QED) is 0.671. The van der Waals surface area contributed by atoms with Crippen molar-refractivity contribution in [2.75, 3.05) is 11.9 Å². The lowest BCUT2D eigenvalue weighted by Crippen LogP contribution is -1.99. The fourth-order valence-corrected chi connectivity index (χ4v) is 3.92. The highest BCUT2D eigenvalue weighted by Gasteiger charge is 2.18. The van der Waals surface area contributed by atoms with Crippen LogP contribution in [0.25, 0.3) is 10.2 Å². The Hall–Kier alpha value is -1.56. The van der Waals surface area contributed by atoms with E-state index in [4.69, 9.17) is 16.0 Å². The molecule has 0 radical (unpaired) electrons. The summed E-state index contributed by atoms with van der Waals surface area (Å²) < 4.78 is 6.40. The first-order chi connectivity index (χ1) is 10.6. The summed E-state index contributed by atoms with van der Waals surface area (Å²) in [4.78, 5) is 5.60. The standard InChI is InChI=1S/C16H17ClN2O2S/c1-9(8-20)15-10(2)14-16(22-15)12(6-13(17)19-14)18-7-11-4-3-5-21-11/h3-6,9,20H,7-8H2,1-2H3,(H,18,19)/t9-/m0/s1. The minimum absolute atomic E-state index is 0.0934. The van der Waals surface area contributed by atoms with E-state index in [0.717, 1.165) is 32.1 Å². The van der Waals surface area contributed by atoms with Gasteiger partial charge < -0.3 is 14.8 Å². The summed E-state index contributed by atoms with van der Waals surface area (Å²) in [6.45, 7) is 4.75. The van der Waals surface area contributed by atoms with Gasteiger partial charge >= 0.3 is 0 Å². The number of aromatic nitrogens is 1. The second kappa shape index (κ2) is 6.28. The highest BCUT2D eigenvalue weighted by atomic mass is 35.5. The Bertz CT molecular complexity index is 783. The van der Waals surface area contributed by atoms with Gasteiger partial charge in [-0.2, -0.15) is 0 Å². The zero-order valence-electron chi connectivity index (χ0n) is 12.4. The molecule has 0 fully saturated rings. The maximum atomic E-state index is 9.42. The average molecular weight is 337 g/mol. The SMILES string of the molecule is Cc1c([C@@H](C)CO)sc2c(NCc3ccco3)cc(Cl)nc12. The van der Waals surface area contributed by atoms with Crippen molar-refractivity contribution in [3.05, 3.63) is 45.8 Å². The lowest BCUT2D eigenvalue weighted by atomic mass is 10.1. The summed E-state index contributed by atoms with van der Waals surface area (Å²) in [6.07, 6.45) is 1.66. The van der Waals surface area contributed by atoms with E-state index in [1.54, 1.807) is 17.6 Å². The van der Waals surface area contributed by atoms with Gasteiger partial charge in [-0.3, -0.25) is 0 Å². The second-order valence-corrected chi connectivity index (χ2v) is 6.72. The third kappa shape index (κ3) is 2.84. The molecule has 1 atom stereocenters. The van der Waals surface area contributed by atoms with Crippen molar-refractivity contribution in [2.24, 2.45) is 0 Å². The van der Waals surface area contributed by atoms with Crippen LogP contribution in [-0.2, 0) is 6.54 Å². The van der Waals surface area contributed by atoms with E-state index in [2.05, 4.69) is 10.3 Å². The smallest absolute Gasteiger partial charge is 0.131 e. The third-order valence-corrected chi connectivity index (χ3v) is 5.37. The van der Waals surface area contributed by atoms with Crippen molar-refractivity contribution in [3.63, 3.8) is 0 Å². The van der Waals surface area contributed by atoms with E-state index in [0.29, 0.717) is 11.7 Å². The molecule has 0 spiro atoms. The molecule has 3 aromatic rings. The van der Waals surface area contributed by atoms with E-state index in [9.17, 15) is 5.11 Å². The first kappa shape index (κ1) is 15.3. The molecule has 3 rings (SSSR count). The van der Waals surface area contributed by atoms with Crippen LogP contribution in [0.5, 0.6) is 0 Å². The molecule has 0 saturated heterocycles. The van der Waals surface area contributed by atoms with Crippen LogP contribution in [0.3, 0.4) is 0 Å². The van der Waals surface area contributed by atoms with Crippen LogP contribution in [0.1, 0.15) is 29.0 Å². The van der Waals surface area contributed by atoms with Gasteiger partial charge in [-0.25, -0.2) is 4.98 Å². The molecular formula is C16H17ClN2O2S. The van der Waals surface area contributed by atoms with Crippen LogP contribution in [0.4, 0.5) is 5.69 Å². The van der Waals surface area contributed by atoms with Gasteiger partial charge in [-0.05, 0) is 24.6 Å². The zero-order valence-corrected chi connectivity index (χ0v) is 14.0. The number of fused-ring (bicyclic) bond motifs is 1. The van der Waals surface area contributed by atoms with Gasteiger partial charge in [0.2, 0.25) is 0 Å². The Kier molecular flexibility index (Phi) is 4.38. The van der Waals surface area contributed by atoms with Crippen LogP contribution >= 0.6 is 22.9 Å². The van der Waals surface area contributed by atoms with Gasteiger partial charge in [0.1, 0.15) is 10.9 Å². The zero-order chi connectivity index (χ0) is 15.7. The molecule has 2 N–H and O–H groups in total. The maximum Gasteiger partial charge on any atom is 0.131 e. The largest absolute Gasteiger partial charge is 0.467 e. The third-order valence-electron chi connectivity index (χ3n) is 3.63. The number of rotatable bonds is 5. The van der Waals surface area contributed by atoms with Gasteiger partial charge in [0.05, 0.1) is 35.3 Å². The van der Waals surface area contributed by atoms with Crippen molar-refractivity contribution in [2.45, 2.75) is 26.3 Å². The molecular weight excluding hydrogens is 320 g/mol. The van der Waals surface area contributed by atoms with E-state index in [1.165, 1.54) is 0 Å². The van der Waals surface area contributed by atoms with Crippen LogP contribution in [0, 0.1) is 6.92 Å². The second-order valence-electron chi connectivity index (χ2n) is 5.28. The van der Waals surface area contributed by atoms with Crippen molar-refractivity contribution in [1.29, 1.82) is 0 Å². The van der Waals surface area contributed by atoms with E-state index >= 15 is 0 Å². The van der Waals surface area contributed by atoms with Crippen molar-refractivity contribution in [3.8, 4) is 0 Å². The molecule has 3 aromatic heterocycles. The summed E-state index contributed by atoms with van der Waals surface area (Å²) in [5.41, 5.74) is 2.93. The molecule has 0 unspecified atom stereocenters. The Morgan fingerprint density at radius 2 is 2.32 bits per heavy atom. The maximum absolute atomic E-state index is 9.42. The van der Waals surface area contributed by atoms with Crippen LogP contribution in [0.2, 0.25) is 5.15 Å². The number of aliphatic hydroxyl groups excluding tert-OH is 1. The number of pyridine rings is 1. The van der Waals surface area contributed by atoms with Crippen LogP contribution < -0.4 is 5.32 Å². The number of hydrogen-bond acceptors (Lipinski definition) is 5. The predicted octanol–water partition coefficient (Wildman–Crippen LogP) is 4.56. The number of hydrogen-bond donors (Lipinski definition) is 2. The molecule has 0 aliphatic heterocycles. The molecule has 22 heavy (non-hydrogen) atoms. The van der Waals surface area contributed by atoms with Crippen molar-refractivity contribution >= 4 is 38.8 Å². The fraction of sp³-hybridized carbons (Fsp3) is 0.312. The fourth-order valence-electron chi connectivity index (χ4n) is 2.44. The highest BCUT2D eigenvalue weighted by Crippen LogP contribution is 2.39. The first-order valence-corrected chi connectivity index (χ1v) is 8.26. The van der Waals surface area contributed by atoms with Gasteiger partial charge in [-0.15, -0.1) is 11.3 Å². The van der Waals surface area contributed by atoms with E-state index < -0.39 is 0 Å². The lowest BCUT2D eigenvalue weighted by molar-refractivity contribution is 0.274. The molecule has 3 heterocycles. The Balaban J connectivity index is 2.01. The number of furan rings is 1. The summed E-state index contributed by atoms with van der Waals surface area (Å²) in [6, 6.07) is 5.62. The molecule has 0 aliphatic rings. The Morgan fingerprint density at radius 1 is 1.50 bits per heavy atom. The molecule has 0 amide bonds. The minimum atomic E-state index is 0.0934. The number of aryl methyl sites for hydroxylation is 1. The lowest BCUT2D eigenvalue weighted by Gasteiger charge is -2.06. The highest BCUT2D eigenvalue weighted by molar-refractivity contribution is 7.20. The summed E-state index contributed by atoms with van der Waals surface area (Å²) in [7, 11) is 0. The average Bonchev–Trinajstić information content (AvgIpc) is 3.13. The Morgan fingerprint density at radius 3 is 3.00 bits per heavy atom. The van der Waals surface area contributed by atoms with Gasteiger partial charge in [0.25, 0.3) is 0 Å². The monoisotopic (exact) mass is 336 g/mol. The summed E-state index contributed by atoms with van der Waals surface area (Å²) >= 11 is 7.81. The van der Waals surface area contributed by atoms with Gasteiger partial charge in [0, 0.05) is 16.9 Å². The summed E-state index contributed by atoms with van der Waals surface area (Å²) in [5.74, 6) is 0.953. The number of nitrogens with zero attached hydrogens (tertiary/aromatic N) is 1. The topological polar surface area (TPSA) is 58.3 Å². The predicted molar refractivity (Wildman–Crippen MR) is 90.9 cm³/mol. The molecule has 116 valence electrons. The van der Waals surface area contributed by atoms with Gasteiger partial charge in [0.15, 0.2) is 0 Å². The number of aliphatic hydroxyl groups is 1. The number of nitrogens with one attached hydrogen (secondary N) is 1. The molecule has 0 bridgehead atoms. The van der Waals surface area contributed by atoms with E-state index in [1.807, 2.05) is 32.0 Å². The summed E-state index contributed by atoms with van der Waals surface area (Å²) in [5, 5.41) is 13.2. The van der Waals surface area contributed by atoms with Crippen LogP contribution in [-0.4, -0.2) is 16.7 Å². The normalized spacial score (nSPS) is 12.7. The number of thiophene rings is 1. The molecule has 4 nitrogen and oxygen atoms in total. The number of halogens is 1. The molecule has 0 aliphatic carbocycles. The molecule has 0 saturated carbocycles. The Labute approximate surface area is 137 Å². The van der Waals surface area contributed by atoms with Crippen molar-refractivity contribution < 1.29 is 9.52 Å². The van der Waals surface area contributed by atoms with Crippen LogP contribution in [0.15, 0.2) is 28.9 Å². The minimum Gasteiger partial charge on any atom is -0.467 e. The molecule has 6 heteroatoms. The van der Waals surface area contributed by atoms with Crippen molar-refractivity contribution in [1.82, 2.24) is 4.98 Å². The van der Waals surface area contributed by atoms with Gasteiger partial charge in [-0.1, -0.05) is 18.5 Å².